The van der Waals surface area contributed by atoms with Gasteiger partial charge in [-0.05, 0) is 38.1 Å². The molecule has 0 aromatic heterocycles. The van der Waals surface area contributed by atoms with E-state index in [1.165, 1.54) is 11.1 Å². The zero-order chi connectivity index (χ0) is 25.5. The topological polar surface area (TPSA) is 64.5 Å². The fourth-order valence-electron chi connectivity index (χ4n) is 3.47. The molecule has 4 atom stereocenters. The Labute approximate surface area is 223 Å². The fraction of sp³-hybridized carbons (Fsp3) is 0.286. The van der Waals surface area contributed by atoms with Crippen LogP contribution < -0.4 is 10.6 Å². The minimum absolute atomic E-state index is 0.159. The van der Waals surface area contributed by atoms with Crippen molar-refractivity contribution in [3.8, 4) is 0 Å². The number of allylic oxidation sites excluding steroid dienone is 4. The molecular formula is C28H34Cl2CoN2O2. The van der Waals surface area contributed by atoms with Crippen molar-refractivity contribution in [2.75, 3.05) is 23.7 Å². The van der Waals surface area contributed by atoms with Crippen LogP contribution in [0, 0.1) is 25.7 Å². The van der Waals surface area contributed by atoms with Crippen LogP contribution >= 0.6 is 20.3 Å². The van der Waals surface area contributed by atoms with Gasteiger partial charge in [-0.2, -0.15) is 0 Å². The van der Waals surface area contributed by atoms with Gasteiger partial charge < -0.3 is 20.8 Å². The van der Waals surface area contributed by atoms with Crippen LogP contribution in [0.15, 0.2) is 97.1 Å². The zero-order valence-electron chi connectivity index (χ0n) is 19.9. The molecule has 0 aliphatic heterocycles. The van der Waals surface area contributed by atoms with Gasteiger partial charge >= 0.3 is 33.2 Å². The van der Waals surface area contributed by atoms with Crippen molar-refractivity contribution >= 4 is 31.7 Å². The average molecular weight is 560 g/mol. The molecule has 0 heterocycles. The van der Waals surface area contributed by atoms with Gasteiger partial charge in [0.2, 0.25) is 0 Å². The third-order valence-electron chi connectivity index (χ3n) is 5.62. The van der Waals surface area contributed by atoms with E-state index in [9.17, 15) is 10.2 Å². The first-order valence-electron chi connectivity index (χ1n) is 11.4. The molecule has 0 saturated carbocycles. The summed E-state index contributed by atoms with van der Waals surface area (Å²) in [5.41, 5.74) is 4.71. The molecule has 191 valence electrons. The third-order valence-corrected chi connectivity index (χ3v) is 5.62. The molecule has 2 aliphatic rings. The van der Waals surface area contributed by atoms with E-state index in [4.69, 9.17) is 20.3 Å². The van der Waals surface area contributed by atoms with Gasteiger partial charge in [-0.1, -0.05) is 84.0 Å². The van der Waals surface area contributed by atoms with Crippen molar-refractivity contribution in [1.82, 2.24) is 0 Å². The molecule has 0 bridgehead atoms. The first-order chi connectivity index (χ1) is 16.9. The standard InChI is InChI=1S/2C14H17NO.2ClH.Co/c2*1-11-6-8-13(9-7-11)15-10-12-4-2-3-5-14(12)16;;;/h2*2-9,12,14-16H,10H2,1H3;2*1H;/q;;;;+2/p-2. The van der Waals surface area contributed by atoms with E-state index in [1.54, 1.807) is 0 Å². The molecule has 4 unspecified atom stereocenters. The normalized spacial score (nSPS) is 22.0. The predicted molar refractivity (Wildman–Crippen MR) is 147 cm³/mol. The molecule has 0 radical (unpaired) electrons. The Morgan fingerprint density at radius 3 is 1.26 bits per heavy atom. The number of hydrogen-bond acceptors (Lipinski definition) is 4. The molecule has 2 aromatic rings. The van der Waals surface area contributed by atoms with E-state index < -0.39 is 0 Å². The van der Waals surface area contributed by atoms with Crippen LogP contribution in [0.25, 0.3) is 0 Å². The summed E-state index contributed by atoms with van der Waals surface area (Å²) >= 11 is 0.382. The second kappa shape index (κ2) is 16.6. The maximum atomic E-state index is 9.71. The van der Waals surface area contributed by atoms with Crippen LogP contribution in [-0.4, -0.2) is 35.5 Å². The Morgan fingerprint density at radius 1 is 0.629 bits per heavy atom. The Bertz CT molecular complexity index is 896. The van der Waals surface area contributed by atoms with E-state index in [-0.39, 0.29) is 24.0 Å². The summed E-state index contributed by atoms with van der Waals surface area (Å²) in [6.45, 7) is 5.65. The van der Waals surface area contributed by atoms with Crippen molar-refractivity contribution < 1.29 is 23.1 Å². The molecule has 4 N–H and O–H groups in total. The molecule has 35 heavy (non-hydrogen) atoms. The van der Waals surface area contributed by atoms with E-state index >= 15 is 0 Å². The van der Waals surface area contributed by atoms with Crippen LogP contribution in [-0.2, 0) is 12.9 Å². The van der Waals surface area contributed by atoms with Gasteiger partial charge in [0.15, 0.2) is 0 Å². The fourth-order valence-corrected chi connectivity index (χ4v) is 3.47. The van der Waals surface area contributed by atoms with Crippen LogP contribution in [0.4, 0.5) is 11.4 Å². The second-order valence-electron chi connectivity index (χ2n) is 8.39. The van der Waals surface area contributed by atoms with Gasteiger partial charge in [0.05, 0.1) is 12.2 Å². The summed E-state index contributed by atoms with van der Waals surface area (Å²) in [4.78, 5) is 0. The van der Waals surface area contributed by atoms with Crippen LogP contribution in [0.5, 0.6) is 0 Å². The van der Waals surface area contributed by atoms with Crippen LogP contribution in [0.3, 0.4) is 0 Å². The monoisotopic (exact) mass is 559 g/mol. The molecule has 2 aliphatic carbocycles. The second-order valence-corrected chi connectivity index (χ2v) is 10.1. The molecule has 0 amide bonds. The van der Waals surface area contributed by atoms with E-state index in [2.05, 4.69) is 73.0 Å². The number of benzene rings is 2. The van der Waals surface area contributed by atoms with Crippen molar-refractivity contribution in [3.63, 3.8) is 0 Å². The minimum atomic E-state index is -0.372. The summed E-state index contributed by atoms with van der Waals surface area (Å²) in [7, 11) is 9.47. The van der Waals surface area contributed by atoms with Gasteiger partial charge in [-0.15, -0.1) is 0 Å². The van der Waals surface area contributed by atoms with E-state index in [1.807, 2.05) is 48.6 Å². The van der Waals surface area contributed by atoms with Crippen molar-refractivity contribution in [2.24, 2.45) is 11.8 Å². The van der Waals surface area contributed by atoms with Crippen LogP contribution in [0.2, 0.25) is 0 Å². The predicted octanol–water partition coefficient (Wildman–Crippen LogP) is 6.40. The van der Waals surface area contributed by atoms with E-state index in [0.29, 0.717) is 12.9 Å². The van der Waals surface area contributed by atoms with Gasteiger partial charge in [-0.3, -0.25) is 0 Å². The first-order valence-corrected chi connectivity index (χ1v) is 14.3. The van der Waals surface area contributed by atoms with Gasteiger partial charge in [0, 0.05) is 36.3 Å². The number of aryl methyl sites for hydroxylation is 2. The molecule has 7 heteroatoms. The summed E-state index contributed by atoms with van der Waals surface area (Å²) < 4.78 is 0. The van der Waals surface area contributed by atoms with Gasteiger partial charge in [-0.25, -0.2) is 0 Å². The SMILES string of the molecule is Cc1ccc(NCC2C=CC=CC2O)cc1.Cc1ccc(NCC2C=CC=CC2O)cc1.[Cl][Co][Cl]. The number of rotatable bonds is 6. The number of nitrogens with one attached hydrogen (secondary N) is 2. The number of anilines is 2. The van der Waals surface area contributed by atoms with Crippen LogP contribution in [0.1, 0.15) is 11.1 Å². The quantitative estimate of drug-likeness (QED) is 0.331. The summed E-state index contributed by atoms with van der Waals surface area (Å²) in [6, 6.07) is 16.6. The number of halogens is 2. The van der Waals surface area contributed by atoms with E-state index in [0.717, 1.165) is 24.5 Å². The Balaban J connectivity index is 0.000000222. The van der Waals surface area contributed by atoms with Crippen molar-refractivity contribution in [2.45, 2.75) is 26.1 Å². The summed E-state index contributed by atoms with van der Waals surface area (Å²) in [5.74, 6) is 0.317. The number of aliphatic hydroxyl groups is 2. The number of hydrogen-bond donors (Lipinski definition) is 4. The third kappa shape index (κ3) is 11.5. The average Bonchev–Trinajstić information content (AvgIpc) is 2.86. The molecule has 2 aromatic carbocycles. The first kappa shape index (κ1) is 29.2. The molecular weight excluding hydrogens is 526 g/mol. The van der Waals surface area contributed by atoms with Crippen molar-refractivity contribution in [3.05, 3.63) is 108 Å². The van der Waals surface area contributed by atoms with Gasteiger partial charge in [0.25, 0.3) is 0 Å². The van der Waals surface area contributed by atoms with Gasteiger partial charge in [0.1, 0.15) is 0 Å². The summed E-state index contributed by atoms with van der Waals surface area (Å²) in [5, 5.41) is 26.1. The summed E-state index contributed by atoms with van der Waals surface area (Å²) in [6.07, 6.45) is 14.7. The molecule has 4 rings (SSSR count). The molecule has 4 nitrogen and oxygen atoms in total. The zero-order valence-corrected chi connectivity index (χ0v) is 22.5. The Hall–Kier alpha value is -1.99. The molecule has 0 spiro atoms. The Morgan fingerprint density at radius 2 is 0.943 bits per heavy atom. The van der Waals surface area contributed by atoms with Crippen molar-refractivity contribution in [1.29, 1.82) is 0 Å². The number of aliphatic hydroxyl groups excluding tert-OH is 2. The molecule has 0 saturated heterocycles. The molecule has 0 fully saturated rings. The Kier molecular flexibility index (Phi) is 13.9. The maximum absolute atomic E-state index is 9.71.